The van der Waals surface area contributed by atoms with Crippen molar-refractivity contribution < 1.29 is 21.6 Å². The highest BCUT2D eigenvalue weighted by atomic mass is 32.2. The number of halogens is 3. The smallest absolute Gasteiger partial charge is 0.353 e. The maximum atomic E-state index is 13.0. The lowest BCUT2D eigenvalue weighted by Crippen LogP contribution is -2.41. The molecule has 0 bridgehead atoms. The van der Waals surface area contributed by atoms with Gasteiger partial charge in [0.25, 0.3) is 5.82 Å². The lowest BCUT2D eigenvalue weighted by molar-refractivity contribution is -0.146. The van der Waals surface area contributed by atoms with Crippen LogP contribution in [0.2, 0.25) is 0 Å². The van der Waals surface area contributed by atoms with E-state index in [9.17, 15) is 21.6 Å². The van der Waals surface area contributed by atoms with E-state index >= 15 is 0 Å². The predicted octanol–water partition coefficient (Wildman–Crippen LogP) is 0.995. The molecule has 1 fully saturated rings. The molecule has 2 aromatic heterocycles. The Bertz CT molecular complexity index is 861. The number of sulfone groups is 1. The summed E-state index contributed by atoms with van der Waals surface area (Å²) in [4.78, 5) is 1.68. The van der Waals surface area contributed by atoms with Gasteiger partial charge in [0.05, 0.1) is 11.5 Å². The fraction of sp³-hybridized carbons (Fsp3) is 0.583. The van der Waals surface area contributed by atoms with E-state index in [1.54, 1.807) is 18.7 Å². The molecular formula is C12H14F3N5O2S. The first-order valence-corrected chi connectivity index (χ1v) is 8.67. The van der Waals surface area contributed by atoms with Crippen LogP contribution in [0.4, 0.5) is 19.0 Å². The molecule has 11 heteroatoms. The first-order valence-electron chi connectivity index (χ1n) is 6.85. The van der Waals surface area contributed by atoms with Crippen LogP contribution in [0, 0.1) is 13.8 Å². The first-order chi connectivity index (χ1) is 10.6. The Hall–Kier alpha value is -1.91. The van der Waals surface area contributed by atoms with Crippen LogP contribution in [0.5, 0.6) is 0 Å². The molecule has 1 saturated heterocycles. The van der Waals surface area contributed by atoms with Crippen LogP contribution >= 0.6 is 0 Å². The number of alkyl halides is 3. The molecule has 0 saturated carbocycles. The second-order valence-electron chi connectivity index (χ2n) is 5.47. The standard InChI is InChI=1S/C12H14F3N5O2S/c1-7-8(2)10(19-3-5-23(21,22)6-4-19)18-20-9(7)16-17-11(20)12(13,14)15/h3-6H2,1-2H3. The predicted molar refractivity (Wildman–Crippen MR) is 76.1 cm³/mol. The number of fused-ring (bicyclic) bond motifs is 1. The molecule has 0 aromatic carbocycles. The molecule has 0 radical (unpaired) electrons. The minimum Gasteiger partial charge on any atom is -0.353 e. The van der Waals surface area contributed by atoms with Crippen LogP contribution in [-0.2, 0) is 16.0 Å². The summed E-state index contributed by atoms with van der Waals surface area (Å²) in [5.74, 6) is -0.948. The Labute approximate surface area is 130 Å². The van der Waals surface area contributed by atoms with Gasteiger partial charge in [-0.1, -0.05) is 0 Å². The van der Waals surface area contributed by atoms with Gasteiger partial charge in [0.2, 0.25) is 0 Å². The number of hydrogen-bond donors (Lipinski definition) is 0. The molecule has 0 unspecified atom stereocenters. The van der Waals surface area contributed by atoms with Gasteiger partial charge in [-0.2, -0.15) is 17.7 Å². The van der Waals surface area contributed by atoms with Gasteiger partial charge in [-0.3, -0.25) is 0 Å². The summed E-state index contributed by atoms with van der Waals surface area (Å²) in [6.07, 6.45) is -4.67. The molecule has 126 valence electrons. The van der Waals surface area contributed by atoms with Crippen molar-refractivity contribution in [1.29, 1.82) is 0 Å². The van der Waals surface area contributed by atoms with Gasteiger partial charge in [0, 0.05) is 24.2 Å². The van der Waals surface area contributed by atoms with Gasteiger partial charge in [-0.25, -0.2) is 8.42 Å². The van der Waals surface area contributed by atoms with Crippen LogP contribution < -0.4 is 4.90 Å². The summed E-state index contributed by atoms with van der Waals surface area (Å²) in [5, 5.41) is 10.8. The van der Waals surface area contributed by atoms with E-state index in [0.29, 0.717) is 21.5 Å². The van der Waals surface area contributed by atoms with E-state index in [-0.39, 0.29) is 30.2 Å². The highest BCUT2D eigenvalue weighted by molar-refractivity contribution is 7.91. The zero-order valence-electron chi connectivity index (χ0n) is 12.4. The van der Waals surface area contributed by atoms with Crippen molar-refractivity contribution in [3.8, 4) is 0 Å². The third-order valence-corrected chi connectivity index (χ3v) is 5.58. The molecule has 1 aliphatic rings. The molecule has 0 spiro atoms. The number of anilines is 1. The monoisotopic (exact) mass is 349 g/mol. The van der Waals surface area contributed by atoms with Crippen molar-refractivity contribution in [2.75, 3.05) is 29.5 Å². The third-order valence-electron chi connectivity index (χ3n) is 3.97. The third kappa shape index (κ3) is 2.73. The molecule has 0 N–H and O–H groups in total. The second kappa shape index (κ2) is 5.05. The Balaban J connectivity index is 2.12. The zero-order chi connectivity index (χ0) is 17.0. The SMILES string of the molecule is Cc1c(N2CCS(=O)(=O)CC2)nn2c(C(F)(F)F)nnc2c1C. The van der Waals surface area contributed by atoms with E-state index in [1.807, 2.05) is 0 Å². The van der Waals surface area contributed by atoms with Gasteiger partial charge < -0.3 is 4.90 Å². The van der Waals surface area contributed by atoms with Gasteiger partial charge in [-0.15, -0.1) is 15.3 Å². The Morgan fingerprint density at radius 1 is 1.04 bits per heavy atom. The molecule has 0 aliphatic carbocycles. The molecule has 0 atom stereocenters. The van der Waals surface area contributed by atoms with Gasteiger partial charge in [-0.05, 0) is 13.8 Å². The van der Waals surface area contributed by atoms with Crippen LogP contribution in [0.1, 0.15) is 17.0 Å². The fourth-order valence-corrected chi connectivity index (χ4v) is 3.72. The van der Waals surface area contributed by atoms with Crippen molar-refractivity contribution in [1.82, 2.24) is 19.8 Å². The summed E-state index contributed by atoms with van der Waals surface area (Å²) in [6.45, 7) is 3.77. The van der Waals surface area contributed by atoms with Gasteiger partial charge in [0.15, 0.2) is 21.3 Å². The summed E-state index contributed by atoms with van der Waals surface area (Å²) < 4.78 is 62.7. The van der Waals surface area contributed by atoms with Gasteiger partial charge in [0.1, 0.15) is 0 Å². The summed E-state index contributed by atoms with van der Waals surface area (Å²) in [5.41, 5.74) is 1.24. The van der Waals surface area contributed by atoms with E-state index in [1.165, 1.54) is 0 Å². The highest BCUT2D eigenvalue weighted by Gasteiger charge is 2.38. The number of hydrogen-bond acceptors (Lipinski definition) is 6. The Morgan fingerprint density at radius 2 is 1.65 bits per heavy atom. The molecule has 2 aromatic rings. The largest absolute Gasteiger partial charge is 0.453 e. The quantitative estimate of drug-likeness (QED) is 0.764. The van der Waals surface area contributed by atoms with Crippen LogP contribution in [0.15, 0.2) is 0 Å². The maximum Gasteiger partial charge on any atom is 0.453 e. The lowest BCUT2D eigenvalue weighted by Gasteiger charge is -2.29. The van der Waals surface area contributed by atoms with Gasteiger partial charge >= 0.3 is 6.18 Å². The number of aryl methyl sites for hydroxylation is 1. The minimum atomic E-state index is -4.67. The summed E-state index contributed by atoms with van der Waals surface area (Å²) in [6, 6.07) is 0. The van der Waals surface area contributed by atoms with Crippen molar-refractivity contribution >= 4 is 21.3 Å². The van der Waals surface area contributed by atoms with Crippen LogP contribution in [-0.4, -0.2) is 52.8 Å². The second-order valence-corrected chi connectivity index (χ2v) is 7.77. The number of aromatic nitrogens is 4. The molecule has 0 amide bonds. The summed E-state index contributed by atoms with van der Waals surface area (Å²) in [7, 11) is -3.09. The van der Waals surface area contributed by atoms with Crippen LogP contribution in [0.3, 0.4) is 0 Å². The Morgan fingerprint density at radius 3 is 2.22 bits per heavy atom. The Kier molecular flexibility index (Phi) is 3.50. The molecule has 23 heavy (non-hydrogen) atoms. The summed E-state index contributed by atoms with van der Waals surface area (Å²) >= 11 is 0. The number of rotatable bonds is 1. The van der Waals surface area contributed by atoms with Crippen molar-refractivity contribution in [3.05, 3.63) is 17.0 Å². The molecular weight excluding hydrogens is 335 g/mol. The molecule has 1 aliphatic heterocycles. The normalized spacial score (nSPS) is 18.6. The van der Waals surface area contributed by atoms with Crippen LogP contribution in [0.25, 0.3) is 5.65 Å². The van der Waals surface area contributed by atoms with Crippen molar-refractivity contribution in [2.45, 2.75) is 20.0 Å². The number of nitrogens with zero attached hydrogens (tertiary/aromatic N) is 5. The molecule has 3 heterocycles. The molecule has 3 rings (SSSR count). The lowest BCUT2D eigenvalue weighted by atomic mass is 10.1. The van der Waals surface area contributed by atoms with E-state index in [0.717, 1.165) is 0 Å². The maximum absolute atomic E-state index is 13.0. The van der Waals surface area contributed by atoms with Crippen molar-refractivity contribution in [2.24, 2.45) is 0 Å². The van der Waals surface area contributed by atoms with Crippen molar-refractivity contribution in [3.63, 3.8) is 0 Å². The topological polar surface area (TPSA) is 80.5 Å². The average Bonchev–Trinajstić information content (AvgIpc) is 2.87. The first kappa shape index (κ1) is 16.0. The van der Waals surface area contributed by atoms with E-state index in [4.69, 9.17) is 0 Å². The zero-order valence-corrected chi connectivity index (χ0v) is 13.2. The highest BCUT2D eigenvalue weighted by Crippen LogP contribution is 2.30. The minimum absolute atomic E-state index is 0.0422. The van der Waals surface area contributed by atoms with E-state index < -0.39 is 21.8 Å². The molecule has 7 nitrogen and oxygen atoms in total. The average molecular weight is 349 g/mol. The fourth-order valence-electron chi connectivity index (χ4n) is 2.51. The van der Waals surface area contributed by atoms with E-state index in [2.05, 4.69) is 15.3 Å².